The van der Waals surface area contributed by atoms with Crippen molar-refractivity contribution in [2.45, 2.75) is 37.6 Å². The molecule has 0 aromatic carbocycles. The van der Waals surface area contributed by atoms with Crippen molar-refractivity contribution in [3.63, 3.8) is 0 Å². The van der Waals surface area contributed by atoms with E-state index in [0.29, 0.717) is 6.54 Å². The van der Waals surface area contributed by atoms with Gasteiger partial charge < -0.3 is 11.1 Å². The van der Waals surface area contributed by atoms with E-state index < -0.39 is 0 Å². The van der Waals surface area contributed by atoms with Crippen LogP contribution in [0.15, 0.2) is 0 Å². The summed E-state index contributed by atoms with van der Waals surface area (Å²) in [6.07, 6.45) is 6.50. The molecule has 0 aromatic rings. The Kier molecular flexibility index (Phi) is 3.26. The van der Waals surface area contributed by atoms with Crippen molar-refractivity contribution in [1.82, 2.24) is 10.2 Å². The first-order valence-electron chi connectivity index (χ1n) is 5.96. The summed E-state index contributed by atoms with van der Waals surface area (Å²) in [6.45, 7) is 3.36. The van der Waals surface area contributed by atoms with Gasteiger partial charge in [0.15, 0.2) is 0 Å². The average Bonchev–Trinajstić information content (AvgIpc) is 2.17. The normalized spacial score (nSPS) is 26.7. The highest BCUT2D eigenvalue weighted by Crippen LogP contribution is 2.30. The van der Waals surface area contributed by atoms with Crippen molar-refractivity contribution in [2.75, 3.05) is 26.2 Å². The van der Waals surface area contributed by atoms with E-state index in [9.17, 15) is 4.79 Å². The van der Waals surface area contributed by atoms with Crippen LogP contribution in [0.4, 0.5) is 0 Å². The summed E-state index contributed by atoms with van der Waals surface area (Å²) in [5.41, 5.74) is 5.52. The fourth-order valence-electron chi connectivity index (χ4n) is 2.96. The average molecular weight is 211 g/mol. The molecule has 1 heterocycles. The van der Waals surface area contributed by atoms with Crippen molar-refractivity contribution >= 4 is 5.91 Å². The second-order valence-corrected chi connectivity index (χ2v) is 4.94. The molecule has 15 heavy (non-hydrogen) atoms. The van der Waals surface area contributed by atoms with E-state index in [1.807, 2.05) is 0 Å². The molecule has 2 aliphatic rings. The van der Waals surface area contributed by atoms with Crippen LogP contribution in [-0.2, 0) is 4.79 Å². The largest absolute Gasteiger partial charge is 0.369 e. The van der Waals surface area contributed by atoms with Gasteiger partial charge in [-0.25, -0.2) is 0 Å². The van der Waals surface area contributed by atoms with E-state index in [-0.39, 0.29) is 11.4 Å². The summed E-state index contributed by atoms with van der Waals surface area (Å²) >= 11 is 0. The van der Waals surface area contributed by atoms with Crippen LogP contribution >= 0.6 is 0 Å². The monoisotopic (exact) mass is 211 g/mol. The maximum Gasteiger partial charge on any atom is 0.231 e. The molecule has 2 rings (SSSR count). The van der Waals surface area contributed by atoms with Gasteiger partial charge in [0.1, 0.15) is 0 Å². The first-order valence-corrected chi connectivity index (χ1v) is 5.96. The highest BCUT2D eigenvalue weighted by molar-refractivity contribution is 5.75. The van der Waals surface area contributed by atoms with Gasteiger partial charge in [-0.1, -0.05) is 19.3 Å². The molecule has 1 aliphatic carbocycles. The van der Waals surface area contributed by atoms with E-state index in [1.165, 1.54) is 32.1 Å². The number of carbonyl (C=O) groups excluding carboxylic acids is 1. The van der Waals surface area contributed by atoms with E-state index in [2.05, 4.69) is 10.2 Å². The van der Waals surface area contributed by atoms with Crippen LogP contribution in [-0.4, -0.2) is 42.5 Å². The summed E-state index contributed by atoms with van der Waals surface area (Å²) in [7, 11) is 0. The molecule has 86 valence electrons. The number of carbonyl (C=O) groups is 1. The van der Waals surface area contributed by atoms with Crippen LogP contribution in [0.25, 0.3) is 0 Å². The molecule has 1 saturated heterocycles. The summed E-state index contributed by atoms with van der Waals surface area (Å²) in [6, 6.07) is 0. The molecule has 0 unspecified atom stereocenters. The molecule has 1 amide bonds. The second-order valence-electron chi connectivity index (χ2n) is 4.94. The number of rotatable bonds is 2. The van der Waals surface area contributed by atoms with Gasteiger partial charge in [0.05, 0.1) is 6.54 Å². The molecule has 0 atom stereocenters. The number of amides is 1. The first-order chi connectivity index (χ1) is 7.20. The van der Waals surface area contributed by atoms with Crippen LogP contribution in [0.2, 0.25) is 0 Å². The van der Waals surface area contributed by atoms with Gasteiger partial charge in [0.25, 0.3) is 0 Å². The Morgan fingerprint density at radius 1 is 1.33 bits per heavy atom. The molecular formula is C11H21N3O. The van der Waals surface area contributed by atoms with Crippen LogP contribution < -0.4 is 11.1 Å². The summed E-state index contributed by atoms with van der Waals surface area (Å²) < 4.78 is 0. The molecule has 0 radical (unpaired) electrons. The Morgan fingerprint density at radius 2 is 2.07 bits per heavy atom. The number of nitrogens with zero attached hydrogens (tertiary/aromatic N) is 1. The van der Waals surface area contributed by atoms with Crippen molar-refractivity contribution in [3.05, 3.63) is 0 Å². The minimum atomic E-state index is -0.206. The Morgan fingerprint density at radius 3 is 2.73 bits per heavy atom. The van der Waals surface area contributed by atoms with Gasteiger partial charge in [0, 0.05) is 25.2 Å². The number of primary amides is 1. The highest BCUT2D eigenvalue weighted by atomic mass is 16.1. The number of piperazine rings is 1. The predicted octanol–water partition coefficient (Wildman–Crippen LogP) is 0.0798. The molecule has 1 aliphatic heterocycles. The number of hydrogen-bond acceptors (Lipinski definition) is 3. The molecule has 4 nitrogen and oxygen atoms in total. The topological polar surface area (TPSA) is 58.4 Å². The molecule has 0 aromatic heterocycles. The molecule has 1 spiro atoms. The Bertz CT molecular complexity index is 230. The SMILES string of the molecule is NC(=O)CN1CCNC2(CCCCC2)C1. The zero-order chi connectivity index (χ0) is 10.7. The third kappa shape index (κ3) is 2.69. The molecule has 1 saturated carbocycles. The first kappa shape index (κ1) is 10.9. The Hall–Kier alpha value is -0.610. The molecule has 2 fully saturated rings. The lowest BCUT2D eigenvalue weighted by Gasteiger charge is -2.45. The van der Waals surface area contributed by atoms with Crippen LogP contribution in [0, 0.1) is 0 Å². The Labute approximate surface area is 91.2 Å². The fourth-order valence-corrected chi connectivity index (χ4v) is 2.96. The number of hydrogen-bond donors (Lipinski definition) is 2. The van der Waals surface area contributed by atoms with Crippen molar-refractivity contribution in [1.29, 1.82) is 0 Å². The Balaban J connectivity index is 1.93. The van der Waals surface area contributed by atoms with Gasteiger partial charge in [-0.2, -0.15) is 0 Å². The lowest BCUT2D eigenvalue weighted by Crippen LogP contribution is -2.61. The smallest absolute Gasteiger partial charge is 0.231 e. The summed E-state index contributed by atoms with van der Waals surface area (Å²) in [4.78, 5) is 13.1. The molecular weight excluding hydrogens is 190 g/mol. The maximum absolute atomic E-state index is 10.9. The summed E-state index contributed by atoms with van der Waals surface area (Å²) in [5.74, 6) is -0.206. The summed E-state index contributed by atoms with van der Waals surface area (Å²) in [5, 5.41) is 3.64. The number of nitrogens with two attached hydrogens (primary N) is 1. The van der Waals surface area contributed by atoms with Gasteiger partial charge >= 0.3 is 0 Å². The van der Waals surface area contributed by atoms with E-state index in [1.54, 1.807) is 0 Å². The zero-order valence-corrected chi connectivity index (χ0v) is 9.30. The van der Waals surface area contributed by atoms with Crippen molar-refractivity contribution in [3.8, 4) is 0 Å². The minimum absolute atomic E-state index is 0.206. The highest BCUT2D eigenvalue weighted by Gasteiger charge is 2.36. The van der Waals surface area contributed by atoms with Crippen LogP contribution in [0.1, 0.15) is 32.1 Å². The number of nitrogens with one attached hydrogen (secondary N) is 1. The lowest BCUT2D eigenvalue weighted by molar-refractivity contribution is -0.119. The molecule has 4 heteroatoms. The van der Waals surface area contributed by atoms with E-state index in [4.69, 9.17) is 5.73 Å². The van der Waals surface area contributed by atoms with Gasteiger partial charge in [-0.05, 0) is 12.8 Å². The lowest BCUT2D eigenvalue weighted by atomic mass is 9.80. The minimum Gasteiger partial charge on any atom is -0.369 e. The third-order valence-electron chi connectivity index (χ3n) is 3.64. The molecule has 0 bridgehead atoms. The van der Waals surface area contributed by atoms with Crippen molar-refractivity contribution < 1.29 is 4.79 Å². The zero-order valence-electron chi connectivity index (χ0n) is 9.30. The molecule has 3 N–H and O–H groups in total. The van der Waals surface area contributed by atoms with Crippen molar-refractivity contribution in [2.24, 2.45) is 5.73 Å². The van der Waals surface area contributed by atoms with E-state index >= 15 is 0 Å². The van der Waals surface area contributed by atoms with Gasteiger partial charge in [-0.3, -0.25) is 9.69 Å². The van der Waals surface area contributed by atoms with Gasteiger partial charge in [0.2, 0.25) is 5.91 Å². The van der Waals surface area contributed by atoms with Gasteiger partial charge in [-0.15, -0.1) is 0 Å². The van der Waals surface area contributed by atoms with Crippen LogP contribution in [0.5, 0.6) is 0 Å². The standard InChI is InChI=1S/C11H21N3O/c12-10(15)8-14-7-6-13-11(9-14)4-2-1-3-5-11/h13H,1-9H2,(H2,12,15). The second kappa shape index (κ2) is 4.49. The fraction of sp³-hybridized carbons (Fsp3) is 0.909. The quantitative estimate of drug-likeness (QED) is 0.680. The van der Waals surface area contributed by atoms with Crippen LogP contribution in [0.3, 0.4) is 0 Å². The predicted molar refractivity (Wildman–Crippen MR) is 59.5 cm³/mol. The van der Waals surface area contributed by atoms with E-state index in [0.717, 1.165) is 19.6 Å². The maximum atomic E-state index is 10.9. The third-order valence-corrected chi connectivity index (χ3v) is 3.64.